The van der Waals surface area contributed by atoms with Crippen LogP contribution in [0.4, 0.5) is 0 Å². The molecule has 0 amide bonds. The maximum Gasteiger partial charge on any atom is 2.00 e. The zero-order valence-corrected chi connectivity index (χ0v) is 5.53. The van der Waals surface area contributed by atoms with Crippen molar-refractivity contribution in [1.82, 2.24) is 0 Å². The van der Waals surface area contributed by atoms with Crippen molar-refractivity contribution in [3.05, 3.63) is 36.5 Å². The Morgan fingerprint density at radius 1 is 1.00 bits per heavy atom. The van der Waals surface area contributed by atoms with Crippen molar-refractivity contribution in [3.8, 4) is 0 Å². The summed E-state index contributed by atoms with van der Waals surface area (Å²) >= 11 is 0. The van der Waals surface area contributed by atoms with Gasteiger partial charge in [-0.05, 0) is 0 Å². The van der Waals surface area contributed by atoms with E-state index in [-0.39, 0.29) is 27.9 Å². The van der Waals surface area contributed by atoms with Gasteiger partial charge in [0.2, 0.25) is 0 Å². The van der Waals surface area contributed by atoms with E-state index < -0.39 is 0 Å². The summed E-state index contributed by atoms with van der Waals surface area (Å²) in [6.45, 7) is 0. The first-order chi connectivity index (χ1) is 2.50. The van der Waals surface area contributed by atoms with Crippen LogP contribution in [0.5, 0.6) is 0 Å². The second-order valence-corrected chi connectivity index (χ2v) is 0.962. The third kappa shape index (κ3) is 3.86. The average molecular weight is 129 g/mol. The van der Waals surface area contributed by atoms with Crippen LogP contribution in [0.15, 0.2) is 30.3 Å². The van der Waals surface area contributed by atoms with Gasteiger partial charge in [-0.1, -0.05) is 0 Å². The molecule has 7 heavy (non-hydrogen) atoms. The molecule has 0 aliphatic rings. The Bertz CT molecular complexity index is 64.6. The summed E-state index contributed by atoms with van der Waals surface area (Å²) in [7, 11) is 0. The van der Waals surface area contributed by atoms with E-state index in [9.17, 15) is 0 Å². The maximum atomic E-state index is 2.00. The van der Waals surface area contributed by atoms with E-state index in [1.807, 2.05) is 30.3 Å². The van der Waals surface area contributed by atoms with E-state index >= 15 is 0 Å². The molecule has 1 aromatic carbocycles. The van der Waals surface area contributed by atoms with E-state index in [2.05, 4.69) is 0 Å². The molecule has 0 fully saturated rings. The predicted octanol–water partition coefficient (Wildman–Crippen LogP) is 2.12. The minimum Gasteiger partial charge on any atom is -0.693 e. The third-order valence-electron chi connectivity index (χ3n) is 0.556. The van der Waals surface area contributed by atoms with Crippen molar-refractivity contribution in [2.45, 2.75) is 0 Å². The Kier molecular flexibility index (Phi) is 8.69. The molecule has 0 saturated heterocycles. The van der Waals surface area contributed by atoms with E-state index in [0.29, 0.717) is 0 Å². The van der Waals surface area contributed by atoms with Gasteiger partial charge < -0.3 is 6.15 Å². The Hall–Kier alpha value is 0.0243. The topological polar surface area (TPSA) is 33.5 Å². The Labute approximate surface area is 58.6 Å². The molecule has 0 spiro atoms. The summed E-state index contributed by atoms with van der Waals surface area (Å²) in [4.78, 5) is 0. The van der Waals surface area contributed by atoms with Crippen molar-refractivity contribution in [3.63, 3.8) is 0 Å². The van der Waals surface area contributed by atoms with Crippen molar-refractivity contribution < 1.29 is 21.7 Å². The van der Waals surface area contributed by atoms with Gasteiger partial charge in [-0.2, -0.15) is 18.2 Å². The van der Waals surface area contributed by atoms with Crippen molar-refractivity contribution in [2.75, 3.05) is 0 Å². The van der Waals surface area contributed by atoms with Crippen LogP contribution in [0.25, 0.3) is 6.15 Å². The molecular weight excluding hydrogens is 122 g/mol. The van der Waals surface area contributed by atoms with Crippen LogP contribution in [0.2, 0.25) is 0 Å². The van der Waals surface area contributed by atoms with Crippen LogP contribution in [0.1, 0.15) is 0 Å². The monoisotopic (exact) mass is 129 g/mol. The Morgan fingerprint density at radius 2 is 1.43 bits per heavy atom. The number of rotatable bonds is 0. The second kappa shape index (κ2) is 6.02. The minimum atomic E-state index is 0. The number of hydrogen-bond acceptors (Lipinski definition) is 0. The fourth-order valence-corrected chi connectivity index (χ4v) is 0.321. The van der Waals surface area contributed by atoms with Gasteiger partial charge in [0.05, 0.1) is 0 Å². The predicted molar refractivity (Wildman–Crippen MR) is 27.3 cm³/mol. The molecule has 1 aromatic rings. The first-order valence-electron chi connectivity index (χ1n) is 1.67. The maximum absolute atomic E-state index is 2.00. The Balaban J connectivity index is 0. The number of hydrogen-bond donors (Lipinski definition) is 0. The summed E-state index contributed by atoms with van der Waals surface area (Å²) < 4.78 is 0. The largest absolute Gasteiger partial charge is 2.00 e. The molecule has 36 valence electrons. The summed E-state index contributed by atoms with van der Waals surface area (Å²) in [5.41, 5.74) is 0. The van der Waals surface area contributed by atoms with Crippen molar-refractivity contribution in [2.24, 2.45) is 0 Å². The molecule has 0 atom stereocenters. The van der Waals surface area contributed by atoms with Gasteiger partial charge in [0.1, 0.15) is 0 Å². The van der Waals surface area contributed by atoms with Crippen LogP contribution in [-0.4, -0.2) is 0 Å². The van der Waals surface area contributed by atoms with E-state index in [4.69, 9.17) is 0 Å². The van der Waals surface area contributed by atoms with Crippen LogP contribution < -0.4 is 0 Å². The van der Waals surface area contributed by atoms with E-state index in [1.54, 1.807) is 0 Å². The van der Waals surface area contributed by atoms with Gasteiger partial charge in [0, 0.05) is 0 Å². The smallest absolute Gasteiger partial charge is 0.693 e. The zero-order chi connectivity index (χ0) is 3.54. The minimum absolute atomic E-state index is 0. The molecule has 0 aromatic heterocycles. The average Bonchev–Trinajstić information content (AvgIpc) is 1.76. The van der Waals surface area contributed by atoms with Crippen LogP contribution >= 0.6 is 0 Å². The molecular formula is C5H7NTi. The summed E-state index contributed by atoms with van der Waals surface area (Å²) in [6.07, 6.45) is 0. The Morgan fingerprint density at radius 3 is 1.57 bits per heavy atom. The summed E-state index contributed by atoms with van der Waals surface area (Å²) in [6, 6.07) is 10.0. The molecule has 0 aliphatic carbocycles. The van der Waals surface area contributed by atoms with Crippen molar-refractivity contribution in [1.29, 1.82) is 0 Å². The molecule has 0 radical (unpaired) electrons. The molecule has 0 bridgehead atoms. The van der Waals surface area contributed by atoms with Crippen molar-refractivity contribution >= 4 is 0 Å². The quantitative estimate of drug-likeness (QED) is 0.379. The summed E-state index contributed by atoms with van der Waals surface area (Å²) in [5.74, 6) is 0. The van der Waals surface area contributed by atoms with Crippen LogP contribution in [0, 0.1) is 0 Å². The first kappa shape index (κ1) is 10.1. The molecule has 2 heteroatoms. The molecule has 0 aliphatic heterocycles. The van der Waals surface area contributed by atoms with Gasteiger partial charge in [0.15, 0.2) is 0 Å². The van der Waals surface area contributed by atoms with Gasteiger partial charge in [0.25, 0.3) is 0 Å². The van der Waals surface area contributed by atoms with Crippen LogP contribution in [-0.2, 0) is 21.7 Å². The standard InChI is InChI=1S/C5H5.H2N.Ti/c1-2-4-5-3-1;;/h1-5H;1H2;/q2*-1;+2. The van der Waals surface area contributed by atoms with Gasteiger partial charge in [-0.25, -0.2) is 12.1 Å². The second-order valence-electron chi connectivity index (χ2n) is 0.962. The van der Waals surface area contributed by atoms with Crippen LogP contribution in [0.3, 0.4) is 0 Å². The van der Waals surface area contributed by atoms with E-state index in [0.717, 1.165) is 0 Å². The molecule has 2 N–H and O–H groups in total. The first-order valence-corrected chi connectivity index (χ1v) is 1.67. The fourth-order valence-electron chi connectivity index (χ4n) is 0.321. The summed E-state index contributed by atoms with van der Waals surface area (Å²) in [5, 5.41) is 0. The molecule has 0 saturated carbocycles. The normalized spacial score (nSPS) is 5.71. The molecule has 1 rings (SSSR count). The van der Waals surface area contributed by atoms with Gasteiger partial charge >= 0.3 is 21.7 Å². The van der Waals surface area contributed by atoms with Gasteiger partial charge in [-0.15, -0.1) is 0 Å². The number of nitrogens with two attached hydrogens (primary N) is 1. The fraction of sp³-hybridized carbons (Fsp3) is 0. The SMILES string of the molecule is [NH2-].[Ti+2].c1cc[cH-]c1. The molecule has 1 nitrogen and oxygen atoms in total. The zero-order valence-electron chi connectivity index (χ0n) is 3.96. The van der Waals surface area contributed by atoms with Gasteiger partial charge in [-0.3, -0.25) is 0 Å². The van der Waals surface area contributed by atoms with E-state index in [1.165, 1.54) is 0 Å². The molecule has 0 heterocycles. The third-order valence-corrected chi connectivity index (χ3v) is 0.556. The molecule has 0 unspecified atom stereocenters.